The Morgan fingerprint density at radius 3 is 2.33 bits per heavy atom. The van der Waals surface area contributed by atoms with Crippen molar-refractivity contribution in [3.63, 3.8) is 0 Å². The van der Waals surface area contributed by atoms with E-state index in [9.17, 15) is 22.6 Å². The summed E-state index contributed by atoms with van der Waals surface area (Å²) in [5.41, 5.74) is 0.517. The van der Waals surface area contributed by atoms with E-state index in [4.69, 9.17) is 4.74 Å². The molecule has 1 amide bonds. The lowest BCUT2D eigenvalue weighted by molar-refractivity contribution is -0.123. The minimum atomic E-state index is -2.52. The molecule has 5 nitrogen and oxygen atoms in total. The van der Waals surface area contributed by atoms with Gasteiger partial charge < -0.3 is 10.1 Å². The van der Waals surface area contributed by atoms with Crippen LogP contribution < -0.4 is 5.32 Å². The molecule has 144 valence electrons. The number of carbonyl (C=O) groups is 2. The quantitative estimate of drug-likeness (QED) is 0.550. The van der Waals surface area contributed by atoms with E-state index in [1.807, 2.05) is 0 Å². The number of hydrogen-bond donors (Lipinski definition) is 1. The number of anilines is 1. The summed E-state index contributed by atoms with van der Waals surface area (Å²) in [6.45, 7) is 1.40. The molecule has 2 aromatic rings. The van der Waals surface area contributed by atoms with Crippen molar-refractivity contribution in [1.82, 2.24) is 0 Å². The number of esters is 1. The van der Waals surface area contributed by atoms with Gasteiger partial charge in [-0.2, -0.15) is 8.78 Å². The Balaban J connectivity index is 1.99. The van der Waals surface area contributed by atoms with Gasteiger partial charge in [-0.3, -0.25) is 9.00 Å². The molecule has 27 heavy (non-hydrogen) atoms. The second kappa shape index (κ2) is 9.61. The maximum absolute atomic E-state index is 12.3. The van der Waals surface area contributed by atoms with E-state index < -0.39 is 34.5 Å². The standard InChI is InChI=1S/C18H17F2NO4S2/c1-11(25-17(23)14-5-3-4-6-15(14)27(2)24)16(22)21-12-7-9-13(10-8-12)26-18(19)20/h3-11,18H,1-2H3,(H,21,22)/t11-,27-/m1/s1. The topological polar surface area (TPSA) is 72.5 Å². The van der Waals surface area contributed by atoms with Crippen LogP contribution in [-0.2, 0) is 20.3 Å². The molecule has 0 radical (unpaired) electrons. The van der Waals surface area contributed by atoms with Gasteiger partial charge in [0.15, 0.2) is 6.10 Å². The number of rotatable bonds is 7. The van der Waals surface area contributed by atoms with Crippen molar-refractivity contribution < 1.29 is 27.3 Å². The average Bonchev–Trinajstić information content (AvgIpc) is 2.62. The summed E-state index contributed by atoms with van der Waals surface area (Å²) in [6.07, 6.45) is 0.337. The van der Waals surface area contributed by atoms with Crippen LogP contribution in [0, 0.1) is 0 Å². The smallest absolute Gasteiger partial charge is 0.340 e. The van der Waals surface area contributed by atoms with Crippen molar-refractivity contribution >= 4 is 40.1 Å². The summed E-state index contributed by atoms with van der Waals surface area (Å²) in [4.78, 5) is 25.2. The first kappa shape index (κ1) is 21.0. The molecule has 0 bridgehead atoms. The van der Waals surface area contributed by atoms with Crippen LogP contribution in [0.2, 0.25) is 0 Å². The van der Waals surface area contributed by atoms with Gasteiger partial charge in [-0.25, -0.2) is 4.79 Å². The molecule has 0 aromatic heterocycles. The molecular weight excluding hydrogens is 396 g/mol. The van der Waals surface area contributed by atoms with Crippen molar-refractivity contribution in [2.45, 2.75) is 28.6 Å². The highest BCUT2D eigenvalue weighted by Crippen LogP contribution is 2.26. The average molecular weight is 413 g/mol. The fourth-order valence-corrected chi connectivity index (χ4v) is 3.36. The third kappa shape index (κ3) is 6.14. The van der Waals surface area contributed by atoms with Gasteiger partial charge in [0.25, 0.3) is 11.7 Å². The SMILES string of the molecule is C[C@@H](OC(=O)c1ccccc1[S@@](C)=O)C(=O)Nc1ccc(SC(F)F)cc1. The number of thioether (sulfide) groups is 1. The van der Waals surface area contributed by atoms with Crippen molar-refractivity contribution in [2.75, 3.05) is 11.6 Å². The van der Waals surface area contributed by atoms with E-state index >= 15 is 0 Å². The lowest BCUT2D eigenvalue weighted by Gasteiger charge is -2.15. The number of alkyl halides is 2. The van der Waals surface area contributed by atoms with E-state index in [1.165, 1.54) is 43.5 Å². The Hall–Kier alpha value is -2.26. The fourth-order valence-electron chi connectivity index (χ4n) is 2.13. The molecule has 0 unspecified atom stereocenters. The minimum Gasteiger partial charge on any atom is -0.449 e. The van der Waals surface area contributed by atoms with Crippen molar-refractivity contribution in [1.29, 1.82) is 0 Å². The molecule has 0 aliphatic heterocycles. The molecule has 0 saturated heterocycles. The number of amides is 1. The predicted octanol–water partition coefficient (Wildman–Crippen LogP) is 3.92. The number of ether oxygens (including phenoxy) is 1. The summed E-state index contributed by atoms with van der Waals surface area (Å²) >= 11 is 0.402. The van der Waals surface area contributed by atoms with Gasteiger partial charge in [0, 0.05) is 16.8 Å². The Bertz CT molecular complexity index is 844. The van der Waals surface area contributed by atoms with Crippen LogP contribution in [0.1, 0.15) is 17.3 Å². The summed E-state index contributed by atoms with van der Waals surface area (Å²) in [5, 5.41) is 2.54. The fraction of sp³-hybridized carbons (Fsp3) is 0.222. The van der Waals surface area contributed by atoms with Crippen LogP contribution in [-0.4, -0.2) is 34.2 Å². The Labute approximate surface area is 161 Å². The highest BCUT2D eigenvalue weighted by molar-refractivity contribution is 7.99. The molecule has 1 N–H and O–H groups in total. The third-order valence-corrected chi connectivity index (χ3v) is 5.11. The van der Waals surface area contributed by atoms with Gasteiger partial charge >= 0.3 is 5.97 Å². The summed E-state index contributed by atoms with van der Waals surface area (Å²) in [5.74, 6) is -3.86. The molecule has 0 aliphatic rings. The monoisotopic (exact) mass is 413 g/mol. The zero-order valence-corrected chi connectivity index (χ0v) is 16.1. The van der Waals surface area contributed by atoms with E-state index in [0.717, 1.165) is 0 Å². The molecule has 0 saturated carbocycles. The normalized spacial score (nSPS) is 13.1. The Kier molecular flexibility index (Phi) is 7.49. The van der Waals surface area contributed by atoms with Crippen LogP contribution in [0.3, 0.4) is 0 Å². The van der Waals surface area contributed by atoms with Crippen LogP contribution in [0.15, 0.2) is 58.3 Å². The van der Waals surface area contributed by atoms with Crippen LogP contribution >= 0.6 is 11.8 Å². The first-order chi connectivity index (χ1) is 12.8. The highest BCUT2D eigenvalue weighted by Gasteiger charge is 2.21. The Morgan fingerprint density at radius 2 is 1.74 bits per heavy atom. The van der Waals surface area contributed by atoms with Crippen LogP contribution in [0.5, 0.6) is 0 Å². The lowest BCUT2D eigenvalue weighted by atomic mass is 10.2. The summed E-state index contributed by atoms with van der Waals surface area (Å²) in [7, 11) is -1.38. The van der Waals surface area contributed by atoms with E-state index in [0.29, 0.717) is 27.2 Å². The number of benzene rings is 2. The minimum absolute atomic E-state index is 0.131. The van der Waals surface area contributed by atoms with E-state index in [-0.39, 0.29) is 5.56 Å². The number of halogens is 2. The van der Waals surface area contributed by atoms with Gasteiger partial charge in [-0.1, -0.05) is 23.9 Å². The summed E-state index contributed by atoms with van der Waals surface area (Å²) < 4.78 is 41.5. The van der Waals surface area contributed by atoms with Crippen LogP contribution in [0.25, 0.3) is 0 Å². The number of nitrogens with one attached hydrogen (secondary N) is 1. The second-order valence-corrected chi connectivity index (χ2v) is 7.80. The van der Waals surface area contributed by atoms with Gasteiger partial charge in [-0.15, -0.1) is 0 Å². The zero-order valence-electron chi connectivity index (χ0n) is 14.5. The van der Waals surface area contributed by atoms with E-state index in [2.05, 4.69) is 5.32 Å². The molecule has 2 aromatic carbocycles. The highest BCUT2D eigenvalue weighted by atomic mass is 32.2. The van der Waals surface area contributed by atoms with Gasteiger partial charge in [-0.05, 0) is 43.3 Å². The molecular formula is C18H17F2NO4S2. The molecule has 2 rings (SSSR count). The molecule has 0 fully saturated rings. The number of carbonyl (C=O) groups excluding carboxylic acids is 2. The zero-order chi connectivity index (χ0) is 20.0. The Morgan fingerprint density at radius 1 is 1.11 bits per heavy atom. The van der Waals surface area contributed by atoms with Crippen molar-refractivity contribution in [2.24, 2.45) is 0 Å². The third-order valence-electron chi connectivity index (χ3n) is 3.42. The maximum atomic E-state index is 12.3. The predicted molar refractivity (Wildman–Crippen MR) is 101 cm³/mol. The van der Waals surface area contributed by atoms with Gasteiger partial charge in [0.1, 0.15) is 0 Å². The van der Waals surface area contributed by atoms with Gasteiger partial charge in [0.05, 0.1) is 21.3 Å². The summed E-state index contributed by atoms with van der Waals surface area (Å²) in [6, 6.07) is 12.2. The second-order valence-electron chi connectivity index (χ2n) is 5.39. The maximum Gasteiger partial charge on any atom is 0.340 e. The van der Waals surface area contributed by atoms with Gasteiger partial charge in [0.2, 0.25) is 0 Å². The van der Waals surface area contributed by atoms with Crippen molar-refractivity contribution in [3.8, 4) is 0 Å². The molecule has 0 spiro atoms. The largest absolute Gasteiger partial charge is 0.449 e. The van der Waals surface area contributed by atoms with Crippen LogP contribution in [0.4, 0.5) is 14.5 Å². The molecule has 0 heterocycles. The first-order valence-electron chi connectivity index (χ1n) is 7.77. The molecule has 0 aliphatic carbocycles. The lowest BCUT2D eigenvalue weighted by Crippen LogP contribution is -2.30. The first-order valence-corrected chi connectivity index (χ1v) is 10.2. The molecule has 9 heteroatoms. The molecule has 2 atom stereocenters. The van der Waals surface area contributed by atoms with E-state index in [1.54, 1.807) is 18.2 Å². The number of hydrogen-bond acceptors (Lipinski definition) is 5. The van der Waals surface area contributed by atoms with Crippen molar-refractivity contribution in [3.05, 3.63) is 54.1 Å².